The Balaban J connectivity index is 2.42. The van der Waals surface area contributed by atoms with Crippen LogP contribution in [-0.2, 0) is 0 Å². The molecule has 1 rings (SSSR count). The van der Waals surface area contributed by atoms with Gasteiger partial charge in [-0.25, -0.2) is 0 Å². The SMILES string of the molecule is CCCCCCNC(=O)c1ccc(O)cc1C. The molecule has 0 saturated carbocycles. The maximum Gasteiger partial charge on any atom is 0.251 e. The van der Waals surface area contributed by atoms with E-state index < -0.39 is 0 Å². The molecule has 0 unspecified atom stereocenters. The lowest BCUT2D eigenvalue weighted by atomic mass is 10.1. The first-order valence-electron chi connectivity index (χ1n) is 6.23. The van der Waals surface area contributed by atoms with Crippen LogP contribution in [0.2, 0.25) is 0 Å². The molecule has 0 aromatic heterocycles. The molecule has 1 aromatic rings. The third-order valence-electron chi connectivity index (χ3n) is 2.77. The minimum Gasteiger partial charge on any atom is -0.508 e. The van der Waals surface area contributed by atoms with Crippen molar-refractivity contribution in [3.63, 3.8) is 0 Å². The van der Waals surface area contributed by atoms with Gasteiger partial charge in [-0.1, -0.05) is 26.2 Å². The maximum atomic E-state index is 11.8. The highest BCUT2D eigenvalue weighted by Gasteiger charge is 2.08. The van der Waals surface area contributed by atoms with E-state index in [1.165, 1.54) is 12.8 Å². The van der Waals surface area contributed by atoms with E-state index in [-0.39, 0.29) is 11.7 Å². The average Bonchev–Trinajstić information content (AvgIpc) is 2.28. The Bertz CT molecular complexity index is 374. The van der Waals surface area contributed by atoms with Crippen LogP contribution in [0.25, 0.3) is 0 Å². The first-order chi connectivity index (χ1) is 8.15. The Morgan fingerprint density at radius 3 is 2.71 bits per heavy atom. The molecular weight excluding hydrogens is 214 g/mol. The third kappa shape index (κ3) is 4.47. The Kier molecular flexibility index (Phi) is 5.53. The summed E-state index contributed by atoms with van der Waals surface area (Å²) in [5.41, 5.74) is 1.44. The van der Waals surface area contributed by atoms with Gasteiger partial charge in [0.1, 0.15) is 5.75 Å². The number of nitrogens with one attached hydrogen (secondary N) is 1. The van der Waals surface area contributed by atoms with Gasteiger partial charge in [0.15, 0.2) is 0 Å². The lowest BCUT2D eigenvalue weighted by Crippen LogP contribution is -2.25. The van der Waals surface area contributed by atoms with Gasteiger partial charge in [-0.15, -0.1) is 0 Å². The number of unbranched alkanes of at least 4 members (excludes halogenated alkanes) is 3. The normalized spacial score (nSPS) is 10.2. The predicted octanol–water partition coefficient (Wildman–Crippen LogP) is 3.01. The number of hydrogen-bond acceptors (Lipinski definition) is 2. The largest absolute Gasteiger partial charge is 0.508 e. The lowest BCUT2D eigenvalue weighted by Gasteiger charge is -2.07. The Hall–Kier alpha value is -1.51. The monoisotopic (exact) mass is 235 g/mol. The highest BCUT2D eigenvalue weighted by atomic mass is 16.3. The molecule has 0 aliphatic carbocycles. The first kappa shape index (κ1) is 13.6. The molecule has 1 amide bonds. The lowest BCUT2D eigenvalue weighted by molar-refractivity contribution is 0.0952. The summed E-state index contributed by atoms with van der Waals surface area (Å²) < 4.78 is 0. The van der Waals surface area contributed by atoms with Crippen LogP contribution in [0.1, 0.15) is 48.5 Å². The van der Waals surface area contributed by atoms with Gasteiger partial charge in [0, 0.05) is 12.1 Å². The molecule has 0 aliphatic heterocycles. The van der Waals surface area contributed by atoms with Crippen molar-refractivity contribution in [1.29, 1.82) is 0 Å². The van der Waals surface area contributed by atoms with Gasteiger partial charge in [0.05, 0.1) is 0 Å². The van der Waals surface area contributed by atoms with Crippen molar-refractivity contribution in [2.75, 3.05) is 6.54 Å². The summed E-state index contributed by atoms with van der Waals surface area (Å²) in [6.07, 6.45) is 4.60. The second-order valence-corrected chi connectivity index (χ2v) is 4.32. The number of carbonyl (C=O) groups excluding carboxylic acids is 1. The molecule has 94 valence electrons. The zero-order valence-electron chi connectivity index (χ0n) is 10.6. The fraction of sp³-hybridized carbons (Fsp3) is 0.500. The van der Waals surface area contributed by atoms with E-state index in [0.29, 0.717) is 5.56 Å². The molecule has 3 nitrogen and oxygen atoms in total. The Morgan fingerprint density at radius 1 is 1.29 bits per heavy atom. The number of phenols is 1. The summed E-state index contributed by atoms with van der Waals surface area (Å²) >= 11 is 0. The molecule has 0 heterocycles. The predicted molar refractivity (Wildman–Crippen MR) is 69.3 cm³/mol. The zero-order valence-corrected chi connectivity index (χ0v) is 10.6. The molecule has 0 atom stereocenters. The van der Waals surface area contributed by atoms with Gasteiger partial charge >= 0.3 is 0 Å². The second kappa shape index (κ2) is 6.94. The van der Waals surface area contributed by atoms with E-state index in [1.807, 2.05) is 6.92 Å². The molecule has 2 N–H and O–H groups in total. The highest BCUT2D eigenvalue weighted by Crippen LogP contribution is 2.15. The van der Waals surface area contributed by atoms with Gasteiger partial charge in [0.2, 0.25) is 0 Å². The van der Waals surface area contributed by atoms with E-state index in [4.69, 9.17) is 0 Å². The van der Waals surface area contributed by atoms with Crippen LogP contribution in [0.5, 0.6) is 5.75 Å². The molecule has 0 bridgehead atoms. The van der Waals surface area contributed by atoms with Crippen LogP contribution >= 0.6 is 0 Å². The second-order valence-electron chi connectivity index (χ2n) is 4.32. The van der Waals surface area contributed by atoms with Crippen molar-refractivity contribution in [3.05, 3.63) is 29.3 Å². The van der Waals surface area contributed by atoms with Gasteiger partial charge in [-0.2, -0.15) is 0 Å². The van der Waals surface area contributed by atoms with Crippen LogP contribution in [-0.4, -0.2) is 17.6 Å². The number of carbonyl (C=O) groups is 1. The van der Waals surface area contributed by atoms with Crippen molar-refractivity contribution < 1.29 is 9.90 Å². The Morgan fingerprint density at radius 2 is 2.06 bits per heavy atom. The topological polar surface area (TPSA) is 49.3 Å². The summed E-state index contributed by atoms with van der Waals surface area (Å²) in [6, 6.07) is 4.80. The van der Waals surface area contributed by atoms with E-state index in [1.54, 1.807) is 18.2 Å². The van der Waals surface area contributed by atoms with Crippen molar-refractivity contribution in [3.8, 4) is 5.75 Å². The summed E-state index contributed by atoms with van der Waals surface area (Å²) in [7, 11) is 0. The molecule has 0 aliphatic rings. The molecule has 0 radical (unpaired) electrons. The van der Waals surface area contributed by atoms with Gasteiger partial charge in [-0.3, -0.25) is 4.79 Å². The number of phenolic OH excluding ortho intramolecular Hbond substituents is 1. The number of aryl methyl sites for hydroxylation is 1. The molecule has 3 heteroatoms. The van der Waals surface area contributed by atoms with Crippen LogP contribution in [0.15, 0.2) is 18.2 Å². The number of aromatic hydroxyl groups is 1. The summed E-state index contributed by atoms with van der Waals surface area (Å²) in [5, 5.41) is 12.2. The summed E-state index contributed by atoms with van der Waals surface area (Å²) in [4.78, 5) is 11.8. The van der Waals surface area contributed by atoms with Crippen molar-refractivity contribution in [2.45, 2.75) is 39.5 Å². The summed E-state index contributed by atoms with van der Waals surface area (Å²) in [5.74, 6) is 0.140. The molecule has 0 saturated heterocycles. The van der Waals surface area contributed by atoms with E-state index >= 15 is 0 Å². The zero-order chi connectivity index (χ0) is 12.7. The number of benzene rings is 1. The van der Waals surface area contributed by atoms with Crippen molar-refractivity contribution in [1.82, 2.24) is 5.32 Å². The smallest absolute Gasteiger partial charge is 0.251 e. The quantitative estimate of drug-likeness (QED) is 0.745. The number of hydrogen-bond donors (Lipinski definition) is 2. The minimum atomic E-state index is -0.0565. The van der Waals surface area contributed by atoms with Gasteiger partial charge < -0.3 is 10.4 Å². The highest BCUT2D eigenvalue weighted by molar-refractivity contribution is 5.95. The fourth-order valence-corrected chi connectivity index (χ4v) is 1.75. The Labute approximate surface area is 103 Å². The standard InChI is InChI=1S/C14H21NO2/c1-3-4-5-6-9-15-14(17)13-8-7-12(16)10-11(13)2/h7-8,10,16H,3-6,9H2,1-2H3,(H,15,17). The number of rotatable bonds is 6. The van der Waals surface area contributed by atoms with Crippen LogP contribution < -0.4 is 5.32 Å². The molecule has 1 aromatic carbocycles. The van der Waals surface area contributed by atoms with Crippen LogP contribution in [0, 0.1) is 6.92 Å². The fourth-order valence-electron chi connectivity index (χ4n) is 1.75. The van der Waals surface area contributed by atoms with Crippen molar-refractivity contribution in [2.24, 2.45) is 0 Å². The van der Waals surface area contributed by atoms with E-state index in [0.717, 1.165) is 24.9 Å². The third-order valence-corrected chi connectivity index (χ3v) is 2.77. The average molecular weight is 235 g/mol. The first-order valence-corrected chi connectivity index (χ1v) is 6.23. The van der Waals surface area contributed by atoms with E-state index in [2.05, 4.69) is 12.2 Å². The van der Waals surface area contributed by atoms with Crippen LogP contribution in [0.4, 0.5) is 0 Å². The van der Waals surface area contributed by atoms with E-state index in [9.17, 15) is 9.90 Å². The van der Waals surface area contributed by atoms with Gasteiger partial charge in [-0.05, 0) is 37.1 Å². The summed E-state index contributed by atoms with van der Waals surface area (Å²) in [6.45, 7) is 4.71. The molecule has 0 fully saturated rings. The van der Waals surface area contributed by atoms with Crippen LogP contribution in [0.3, 0.4) is 0 Å². The van der Waals surface area contributed by atoms with Gasteiger partial charge in [0.25, 0.3) is 5.91 Å². The van der Waals surface area contributed by atoms with Crippen molar-refractivity contribution >= 4 is 5.91 Å². The molecular formula is C14H21NO2. The minimum absolute atomic E-state index is 0.0565. The number of amides is 1. The maximum absolute atomic E-state index is 11.8. The molecule has 17 heavy (non-hydrogen) atoms. The molecule has 0 spiro atoms.